The molecule has 5 atom stereocenters. The molecule has 3 saturated heterocycles. The van der Waals surface area contributed by atoms with Gasteiger partial charge in [-0.3, -0.25) is 14.4 Å². The quantitative estimate of drug-likeness (QED) is 0.281. The highest BCUT2D eigenvalue weighted by atomic mass is 16.5. The van der Waals surface area contributed by atoms with E-state index in [1.54, 1.807) is 29.0 Å². The largest absolute Gasteiger partial charge is 0.396 e. The minimum absolute atomic E-state index is 0.0132. The van der Waals surface area contributed by atoms with Crippen molar-refractivity contribution in [3.05, 3.63) is 25.3 Å². The predicted octanol–water partition coefficient (Wildman–Crippen LogP) is 3.79. The highest BCUT2D eigenvalue weighted by molar-refractivity contribution is 5.99. The predicted molar refractivity (Wildman–Crippen MR) is 153 cm³/mol. The molecule has 0 aromatic carbocycles. The van der Waals surface area contributed by atoms with E-state index in [0.29, 0.717) is 51.7 Å². The Labute approximate surface area is 235 Å². The molecule has 3 amide bonds. The Morgan fingerprint density at radius 2 is 1.74 bits per heavy atom. The van der Waals surface area contributed by atoms with Crippen molar-refractivity contribution >= 4 is 17.7 Å². The van der Waals surface area contributed by atoms with E-state index in [1.165, 1.54) is 0 Å². The summed E-state index contributed by atoms with van der Waals surface area (Å²) >= 11 is 0. The van der Waals surface area contributed by atoms with Crippen molar-refractivity contribution in [2.45, 2.75) is 103 Å². The summed E-state index contributed by atoms with van der Waals surface area (Å²) in [6, 6.07) is -0.830. The van der Waals surface area contributed by atoms with Crippen molar-refractivity contribution in [3.8, 4) is 0 Å². The average molecular weight is 546 g/mol. The van der Waals surface area contributed by atoms with Crippen LogP contribution >= 0.6 is 0 Å². The number of rotatable bonds is 13. The zero-order valence-electron chi connectivity index (χ0n) is 25.3. The number of aliphatic hydroxyl groups excluding tert-OH is 1. The lowest BCUT2D eigenvalue weighted by Gasteiger charge is -2.45. The first kappa shape index (κ1) is 31.3. The van der Waals surface area contributed by atoms with Crippen LogP contribution < -0.4 is 0 Å². The number of carbonyl (C=O) groups is 3. The minimum atomic E-state index is -1.06. The van der Waals surface area contributed by atoms with Crippen LogP contribution in [0.3, 0.4) is 0 Å². The van der Waals surface area contributed by atoms with Crippen LogP contribution in [0.25, 0.3) is 0 Å². The smallest absolute Gasteiger partial charge is 0.249 e. The molecular formula is C31H51N3O5. The maximum Gasteiger partial charge on any atom is 0.249 e. The van der Waals surface area contributed by atoms with Crippen LogP contribution in [-0.4, -0.2) is 93.6 Å². The SMILES string of the molecule is C=CCN(C)C(=O)[C@H]1[C@H]2C(=O)N(CCCCO)C(C(=O)N(CC=C)C(C)(C)CC(C)(C)C)C23CC[C@]1(CC)O3. The van der Waals surface area contributed by atoms with E-state index < -0.39 is 34.6 Å². The van der Waals surface area contributed by atoms with Crippen molar-refractivity contribution in [1.29, 1.82) is 0 Å². The normalized spacial score (nSPS) is 29.9. The number of nitrogens with zero attached hydrogens (tertiary/aromatic N) is 3. The van der Waals surface area contributed by atoms with Gasteiger partial charge in [0.25, 0.3) is 0 Å². The van der Waals surface area contributed by atoms with Gasteiger partial charge in [0.15, 0.2) is 0 Å². The molecule has 2 unspecified atom stereocenters. The number of fused-ring (bicyclic) bond motifs is 1. The summed E-state index contributed by atoms with van der Waals surface area (Å²) in [5, 5.41) is 9.44. The lowest BCUT2D eigenvalue weighted by molar-refractivity contribution is -0.158. The van der Waals surface area contributed by atoms with Gasteiger partial charge in [-0.1, -0.05) is 39.8 Å². The van der Waals surface area contributed by atoms with Crippen LogP contribution in [0, 0.1) is 17.3 Å². The van der Waals surface area contributed by atoms with Crippen LogP contribution in [0.5, 0.6) is 0 Å². The van der Waals surface area contributed by atoms with E-state index in [-0.39, 0.29) is 29.7 Å². The number of likely N-dealkylation sites (N-methyl/N-ethyl adjacent to an activating group) is 1. The lowest BCUT2D eigenvalue weighted by atomic mass is 9.64. The molecule has 8 heteroatoms. The molecule has 1 spiro atoms. The Hall–Kier alpha value is -2.19. The van der Waals surface area contributed by atoms with E-state index in [1.807, 2.05) is 11.8 Å². The summed E-state index contributed by atoms with van der Waals surface area (Å²) in [7, 11) is 1.73. The summed E-state index contributed by atoms with van der Waals surface area (Å²) in [6.07, 6.45) is 7.04. The van der Waals surface area contributed by atoms with Gasteiger partial charge >= 0.3 is 0 Å². The second kappa shape index (κ2) is 11.4. The first-order valence-electron chi connectivity index (χ1n) is 14.6. The van der Waals surface area contributed by atoms with E-state index in [0.717, 1.165) is 6.42 Å². The summed E-state index contributed by atoms with van der Waals surface area (Å²) in [6.45, 7) is 21.4. The molecule has 3 rings (SSSR count). The first-order chi connectivity index (χ1) is 18.2. The molecule has 0 radical (unpaired) electrons. The molecule has 0 aromatic heterocycles. The van der Waals surface area contributed by atoms with E-state index in [9.17, 15) is 19.5 Å². The molecule has 39 heavy (non-hydrogen) atoms. The van der Waals surface area contributed by atoms with Gasteiger partial charge in [0.05, 0.1) is 17.4 Å². The fourth-order valence-corrected chi connectivity index (χ4v) is 7.83. The molecule has 3 aliphatic heterocycles. The number of aliphatic hydroxyl groups is 1. The second-order valence-electron chi connectivity index (χ2n) is 13.6. The van der Waals surface area contributed by atoms with E-state index >= 15 is 0 Å². The van der Waals surface area contributed by atoms with Gasteiger partial charge < -0.3 is 24.5 Å². The summed E-state index contributed by atoms with van der Waals surface area (Å²) in [5.41, 5.74) is -2.36. The Morgan fingerprint density at radius 1 is 1.10 bits per heavy atom. The van der Waals surface area contributed by atoms with Crippen molar-refractivity contribution < 1.29 is 24.2 Å². The fourth-order valence-electron chi connectivity index (χ4n) is 7.83. The zero-order chi connectivity index (χ0) is 29.4. The van der Waals surface area contributed by atoms with Gasteiger partial charge in [-0.25, -0.2) is 0 Å². The van der Waals surface area contributed by atoms with Gasteiger partial charge in [0.1, 0.15) is 11.6 Å². The van der Waals surface area contributed by atoms with E-state index in [4.69, 9.17) is 4.74 Å². The van der Waals surface area contributed by atoms with Crippen molar-refractivity contribution in [3.63, 3.8) is 0 Å². The summed E-state index contributed by atoms with van der Waals surface area (Å²) < 4.78 is 6.91. The standard InChI is InChI=1S/C31H51N3O5/c1-10-17-32(9)25(36)22-23-26(37)33(19-13-14-20-35)24(31(23)16-15-30(22,12-3)39-31)27(38)34(18-11-2)29(7,8)21-28(4,5)6/h10-11,22-24,35H,1-2,12-21H2,3-9H3/t22-,23+,24?,30+,31?/m1/s1. The number of carbonyl (C=O) groups excluding carboxylic acids is 3. The molecule has 3 fully saturated rings. The number of unbranched alkanes of at least 4 members (excludes halogenated alkanes) is 1. The van der Waals surface area contributed by atoms with Crippen molar-refractivity contribution in [1.82, 2.24) is 14.7 Å². The third-order valence-corrected chi connectivity index (χ3v) is 9.04. The fraction of sp³-hybridized carbons (Fsp3) is 0.774. The molecule has 0 aliphatic carbocycles. The topological polar surface area (TPSA) is 90.4 Å². The van der Waals surface area contributed by atoms with E-state index in [2.05, 4.69) is 47.8 Å². The molecule has 0 aromatic rings. The molecule has 1 N–H and O–H groups in total. The number of hydrogen-bond donors (Lipinski definition) is 1. The molecule has 3 aliphatic rings. The molecule has 8 nitrogen and oxygen atoms in total. The van der Waals surface area contributed by atoms with Crippen molar-refractivity contribution in [2.24, 2.45) is 17.3 Å². The molecule has 2 bridgehead atoms. The third kappa shape index (κ3) is 5.43. The summed E-state index contributed by atoms with van der Waals surface area (Å²) in [4.78, 5) is 48.0. The molecular weight excluding hydrogens is 494 g/mol. The van der Waals surface area contributed by atoms with Gasteiger partial charge in [0, 0.05) is 38.8 Å². The summed E-state index contributed by atoms with van der Waals surface area (Å²) in [5.74, 6) is -1.83. The lowest BCUT2D eigenvalue weighted by Crippen LogP contribution is -2.61. The zero-order valence-corrected chi connectivity index (χ0v) is 25.3. The average Bonchev–Trinajstić information content (AvgIpc) is 3.44. The highest BCUT2D eigenvalue weighted by Gasteiger charge is 2.79. The number of amides is 3. The minimum Gasteiger partial charge on any atom is -0.396 e. The number of hydrogen-bond acceptors (Lipinski definition) is 5. The molecule has 3 heterocycles. The maximum absolute atomic E-state index is 14.7. The van der Waals surface area contributed by atoms with Gasteiger partial charge in [-0.05, 0) is 57.8 Å². The van der Waals surface area contributed by atoms with Crippen LogP contribution in [0.2, 0.25) is 0 Å². The number of likely N-dealkylation sites (tertiary alicyclic amines) is 1. The number of ether oxygens (including phenoxy) is 1. The third-order valence-electron chi connectivity index (χ3n) is 9.04. The van der Waals surface area contributed by atoms with Gasteiger partial charge in [0.2, 0.25) is 17.7 Å². The Balaban J connectivity index is 2.13. The van der Waals surface area contributed by atoms with Crippen LogP contribution in [0.4, 0.5) is 0 Å². The van der Waals surface area contributed by atoms with Crippen molar-refractivity contribution in [2.75, 3.05) is 33.3 Å². The molecule has 0 saturated carbocycles. The Bertz CT molecular complexity index is 972. The van der Waals surface area contributed by atoms with Gasteiger partial charge in [-0.15, -0.1) is 13.2 Å². The van der Waals surface area contributed by atoms with Gasteiger partial charge in [-0.2, -0.15) is 0 Å². The molecule has 220 valence electrons. The van der Waals surface area contributed by atoms with Crippen LogP contribution in [0.15, 0.2) is 25.3 Å². The van der Waals surface area contributed by atoms with Crippen LogP contribution in [-0.2, 0) is 19.1 Å². The highest BCUT2D eigenvalue weighted by Crippen LogP contribution is 2.64. The van der Waals surface area contributed by atoms with Crippen LogP contribution in [0.1, 0.15) is 80.1 Å². The Morgan fingerprint density at radius 3 is 2.28 bits per heavy atom. The second-order valence-corrected chi connectivity index (χ2v) is 13.6. The Kier molecular flexibility index (Phi) is 9.13. The monoisotopic (exact) mass is 545 g/mol. The maximum atomic E-state index is 14.7. The first-order valence-corrected chi connectivity index (χ1v) is 14.6.